The number of anilines is 1. The first-order valence-corrected chi connectivity index (χ1v) is 8.32. The molecule has 0 unspecified atom stereocenters. The van der Waals surface area contributed by atoms with Crippen LogP contribution in [0.5, 0.6) is 0 Å². The molecule has 0 aliphatic carbocycles. The fourth-order valence-electron chi connectivity index (χ4n) is 3.33. The average molecular weight is 329 g/mol. The summed E-state index contributed by atoms with van der Waals surface area (Å²) < 4.78 is 5.21. The standard InChI is InChI=1S/C17H23N5O2/c1-12(16-13(2)20-24-14(16)3)17(23)22-9-5-8-21(10-11-22)15-6-4-7-18-19-15/h4,6-7,12H,5,8-11H2,1-3H3/t12-/m1/s1. The molecule has 1 aliphatic rings. The third kappa shape index (κ3) is 3.25. The zero-order valence-corrected chi connectivity index (χ0v) is 14.4. The van der Waals surface area contributed by atoms with E-state index in [9.17, 15) is 4.79 Å². The number of carbonyl (C=O) groups excluding carboxylic acids is 1. The third-order valence-electron chi connectivity index (χ3n) is 4.58. The van der Waals surface area contributed by atoms with Crippen LogP contribution in [0.4, 0.5) is 5.82 Å². The summed E-state index contributed by atoms with van der Waals surface area (Å²) in [6.45, 7) is 8.75. The molecule has 7 heteroatoms. The van der Waals surface area contributed by atoms with Gasteiger partial charge in [-0.1, -0.05) is 5.16 Å². The first kappa shape index (κ1) is 16.4. The van der Waals surface area contributed by atoms with E-state index < -0.39 is 0 Å². The second-order valence-electron chi connectivity index (χ2n) is 6.21. The summed E-state index contributed by atoms with van der Waals surface area (Å²) in [5.41, 5.74) is 1.71. The monoisotopic (exact) mass is 329 g/mol. The summed E-state index contributed by atoms with van der Waals surface area (Å²) in [6, 6.07) is 3.84. The quantitative estimate of drug-likeness (QED) is 0.856. The number of carbonyl (C=O) groups is 1. The molecule has 0 radical (unpaired) electrons. The summed E-state index contributed by atoms with van der Waals surface area (Å²) >= 11 is 0. The highest BCUT2D eigenvalue weighted by Crippen LogP contribution is 2.25. The lowest BCUT2D eigenvalue weighted by Gasteiger charge is -2.25. The Morgan fingerprint density at radius 2 is 2.08 bits per heavy atom. The molecule has 1 amide bonds. The predicted molar refractivity (Wildman–Crippen MR) is 89.8 cm³/mol. The lowest BCUT2D eigenvalue weighted by Crippen LogP contribution is -2.38. The molecule has 2 aromatic heterocycles. The molecular weight excluding hydrogens is 306 g/mol. The number of amides is 1. The van der Waals surface area contributed by atoms with E-state index in [0.29, 0.717) is 6.54 Å². The van der Waals surface area contributed by atoms with Crippen LogP contribution in [0.15, 0.2) is 22.9 Å². The molecule has 0 saturated carbocycles. The molecule has 0 bridgehead atoms. The van der Waals surface area contributed by atoms with Crippen LogP contribution < -0.4 is 4.90 Å². The van der Waals surface area contributed by atoms with E-state index in [2.05, 4.69) is 20.3 Å². The molecule has 1 saturated heterocycles. The Hall–Kier alpha value is -2.44. The number of aryl methyl sites for hydroxylation is 2. The van der Waals surface area contributed by atoms with E-state index in [4.69, 9.17) is 4.52 Å². The molecule has 0 spiro atoms. The zero-order chi connectivity index (χ0) is 17.1. The highest BCUT2D eigenvalue weighted by molar-refractivity contribution is 5.84. The Kier molecular flexibility index (Phi) is 4.78. The highest BCUT2D eigenvalue weighted by atomic mass is 16.5. The van der Waals surface area contributed by atoms with Gasteiger partial charge in [-0.3, -0.25) is 4.79 Å². The SMILES string of the molecule is Cc1noc(C)c1[C@@H](C)C(=O)N1CCCN(c2cccnn2)CC1. The van der Waals surface area contributed by atoms with Crippen molar-refractivity contribution in [3.63, 3.8) is 0 Å². The van der Waals surface area contributed by atoms with E-state index in [1.165, 1.54) is 0 Å². The van der Waals surface area contributed by atoms with Crippen molar-refractivity contribution in [3.8, 4) is 0 Å². The van der Waals surface area contributed by atoms with Gasteiger partial charge in [0.15, 0.2) is 5.82 Å². The lowest BCUT2D eigenvalue weighted by molar-refractivity contribution is -0.132. The number of hydrogen-bond acceptors (Lipinski definition) is 6. The summed E-state index contributed by atoms with van der Waals surface area (Å²) in [7, 11) is 0. The van der Waals surface area contributed by atoms with Crippen molar-refractivity contribution in [3.05, 3.63) is 35.3 Å². The van der Waals surface area contributed by atoms with Crippen LogP contribution in [0.25, 0.3) is 0 Å². The molecule has 3 rings (SSSR count). The number of hydrogen-bond donors (Lipinski definition) is 0. The molecule has 128 valence electrons. The fourth-order valence-corrected chi connectivity index (χ4v) is 3.33. The second kappa shape index (κ2) is 6.98. The van der Waals surface area contributed by atoms with Crippen LogP contribution in [-0.4, -0.2) is 52.3 Å². The van der Waals surface area contributed by atoms with Gasteiger partial charge in [0.25, 0.3) is 0 Å². The smallest absolute Gasteiger partial charge is 0.230 e. The average Bonchev–Trinajstić information content (AvgIpc) is 2.80. The highest BCUT2D eigenvalue weighted by Gasteiger charge is 2.28. The Morgan fingerprint density at radius 1 is 1.25 bits per heavy atom. The topological polar surface area (TPSA) is 75.4 Å². The van der Waals surface area contributed by atoms with Gasteiger partial charge in [0.05, 0.1) is 11.6 Å². The third-order valence-corrected chi connectivity index (χ3v) is 4.58. The van der Waals surface area contributed by atoms with E-state index >= 15 is 0 Å². The Morgan fingerprint density at radius 3 is 2.75 bits per heavy atom. The van der Waals surface area contributed by atoms with Crippen LogP contribution in [0.2, 0.25) is 0 Å². The molecule has 24 heavy (non-hydrogen) atoms. The summed E-state index contributed by atoms with van der Waals surface area (Å²) in [5.74, 6) is 1.49. The van der Waals surface area contributed by atoms with Gasteiger partial charge in [-0.15, -0.1) is 5.10 Å². The minimum absolute atomic E-state index is 0.130. The van der Waals surface area contributed by atoms with E-state index in [0.717, 1.165) is 48.9 Å². The van der Waals surface area contributed by atoms with E-state index in [1.54, 1.807) is 6.20 Å². The molecule has 7 nitrogen and oxygen atoms in total. The predicted octanol–water partition coefficient (Wildman–Crippen LogP) is 1.92. The van der Waals surface area contributed by atoms with Gasteiger partial charge in [-0.05, 0) is 39.3 Å². The number of nitrogens with zero attached hydrogens (tertiary/aromatic N) is 5. The van der Waals surface area contributed by atoms with Gasteiger partial charge < -0.3 is 14.3 Å². The summed E-state index contributed by atoms with van der Waals surface area (Å²) in [4.78, 5) is 17.0. The van der Waals surface area contributed by atoms with Gasteiger partial charge >= 0.3 is 0 Å². The lowest BCUT2D eigenvalue weighted by atomic mass is 9.98. The Balaban J connectivity index is 1.68. The molecule has 1 aliphatic heterocycles. The van der Waals surface area contributed by atoms with Crippen molar-refractivity contribution in [2.75, 3.05) is 31.1 Å². The van der Waals surface area contributed by atoms with Gasteiger partial charge in [-0.2, -0.15) is 5.10 Å². The van der Waals surface area contributed by atoms with Crippen LogP contribution >= 0.6 is 0 Å². The zero-order valence-electron chi connectivity index (χ0n) is 14.4. The maximum Gasteiger partial charge on any atom is 0.230 e. The van der Waals surface area contributed by atoms with Crippen LogP contribution in [0, 0.1) is 13.8 Å². The normalized spacial score (nSPS) is 16.8. The molecule has 0 aromatic carbocycles. The van der Waals surface area contributed by atoms with Gasteiger partial charge in [0.1, 0.15) is 5.76 Å². The first-order chi connectivity index (χ1) is 11.6. The molecule has 0 N–H and O–H groups in total. The molecule has 2 aromatic rings. The minimum atomic E-state index is -0.237. The summed E-state index contributed by atoms with van der Waals surface area (Å²) in [5, 5.41) is 12.1. The van der Waals surface area contributed by atoms with Crippen molar-refractivity contribution in [1.82, 2.24) is 20.3 Å². The number of rotatable bonds is 3. The molecule has 1 fully saturated rings. The van der Waals surface area contributed by atoms with Crippen molar-refractivity contribution in [2.24, 2.45) is 0 Å². The Labute approximate surface area is 141 Å². The Bertz CT molecular complexity index is 681. The first-order valence-electron chi connectivity index (χ1n) is 8.32. The molecule has 3 heterocycles. The van der Waals surface area contributed by atoms with Gasteiger partial charge in [0, 0.05) is 37.9 Å². The largest absolute Gasteiger partial charge is 0.361 e. The van der Waals surface area contributed by atoms with E-state index in [-0.39, 0.29) is 11.8 Å². The van der Waals surface area contributed by atoms with Crippen molar-refractivity contribution >= 4 is 11.7 Å². The van der Waals surface area contributed by atoms with Gasteiger partial charge in [-0.25, -0.2) is 0 Å². The minimum Gasteiger partial charge on any atom is -0.361 e. The molecule has 1 atom stereocenters. The van der Waals surface area contributed by atoms with Crippen molar-refractivity contribution < 1.29 is 9.32 Å². The van der Waals surface area contributed by atoms with Crippen LogP contribution in [0.3, 0.4) is 0 Å². The second-order valence-corrected chi connectivity index (χ2v) is 6.21. The van der Waals surface area contributed by atoms with Crippen LogP contribution in [0.1, 0.15) is 36.3 Å². The van der Waals surface area contributed by atoms with Crippen molar-refractivity contribution in [2.45, 2.75) is 33.1 Å². The molecular formula is C17H23N5O2. The summed E-state index contributed by atoms with van der Waals surface area (Å²) in [6.07, 6.45) is 2.58. The van der Waals surface area contributed by atoms with Crippen LogP contribution in [-0.2, 0) is 4.79 Å². The fraction of sp³-hybridized carbons (Fsp3) is 0.529. The van der Waals surface area contributed by atoms with Crippen molar-refractivity contribution in [1.29, 1.82) is 0 Å². The van der Waals surface area contributed by atoms with E-state index in [1.807, 2.05) is 37.8 Å². The maximum atomic E-state index is 12.9. The maximum absolute atomic E-state index is 12.9. The number of aromatic nitrogens is 3. The van der Waals surface area contributed by atoms with Gasteiger partial charge in [0.2, 0.25) is 5.91 Å².